The summed E-state index contributed by atoms with van der Waals surface area (Å²) >= 11 is 0. The monoisotopic (exact) mass is 406 g/mol. The van der Waals surface area contributed by atoms with Crippen LogP contribution in [0.4, 0.5) is 0 Å². The van der Waals surface area contributed by atoms with Crippen molar-refractivity contribution in [3.8, 4) is 17.1 Å². The molecule has 0 amide bonds. The number of hydrogen-bond donors (Lipinski definition) is 1. The van der Waals surface area contributed by atoms with Crippen molar-refractivity contribution in [3.05, 3.63) is 74.6 Å². The highest BCUT2D eigenvalue weighted by molar-refractivity contribution is 5.80. The van der Waals surface area contributed by atoms with E-state index in [4.69, 9.17) is 9.26 Å². The zero-order valence-corrected chi connectivity index (χ0v) is 17.0. The molecule has 2 aromatic carbocycles. The van der Waals surface area contributed by atoms with E-state index in [1.807, 2.05) is 44.2 Å². The third-order valence-electron chi connectivity index (χ3n) is 4.76. The number of methoxy groups -OCH3 is 1. The SMILES string of the molecule is COc1ccc(Cc2nc(-c3ccc4c(c3)[nH]c(=O)c(=O)n4CC(C)C)no2)cc1. The number of nitrogens with zero attached hydrogens (tertiary/aromatic N) is 3. The van der Waals surface area contributed by atoms with Gasteiger partial charge in [0.15, 0.2) is 0 Å². The minimum atomic E-state index is -0.645. The summed E-state index contributed by atoms with van der Waals surface area (Å²) in [5, 5.41) is 4.06. The van der Waals surface area contributed by atoms with E-state index in [0.717, 1.165) is 11.3 Å². The van der Waals surface area contributed by atoms with Crippen LogP contribution in [0, 0.1) is 5.92 Å². The molecule has 2 aromatic heterocycles. The molecule has 0 aliphatic rings. The first-order valence-electron chi connectivity index (χ1n) is 9.67. The molecule has 2 heterocycles. The van der Waals surface area contributed by atoms with Crippen LogP contribution in [0.2, 0.25) is 0 Å². The standard InChI is InChI=1S/C22H22N4O4/c1-13(2)12-26-18-9-6-15(11-17(18)23-21(27)22(26)28)20-24-19(30-25-20)10-14-4-7-16(29-3)8-5-14/h4-9,11,13H,10,12H2,1-3H3,(H,23,27). The number of aromatic amines is 1. The van der Waals surface area contributed by atoms with E-state index in [2.05, 4.69) is 15.1 Å². The van der Waals surface area contributed by atoms with Crippen LogP contribution in [0.1, 0.15) is 25.3 Å². The third-order valence-corrected chi connectivity index (χ3v) is 4.76. The molecule has 0 aliphatic carbocycles. The van der Waals surface area contributed by atoms with E-state index in [0.29, 0.717) is 41.3 Å². The fourth-order valence-corrected chi connectivity index (χ4v) is 3.33. The van der Waals surface area contributed by atoms with Crippen molar-refractivity contribution in [2.45, 2.75) is 26.8 Å². The lowest BCUT2D eigenvalue weighted by atomic mass is 10.1. The van der Waals surface area contributed by atoms with Crippen molar-refractivity contribution in [2.24, 2.45) is 5.92 Å². The molecule has 0 spiro atoms. The molecule has 8 heteroatoms. The largest absolute Gasteiger partial charge is 0.497 e. The van der Waals surface area contributed by atoms with Gasteiger partial charge in [0.1, 0.15) is 5.75 Å². The number of nitrogens with one attached hydrogen (secondary N) is 1. The second-order valence-electron chi connectivity index (χ2n) is 7.53. The van der Waals surface area contributed by atoms with Crippen molar-refractivity contribution >= 4 is 11.0 Å². The van der Waals surface area contributed by atoms with Gasteiger partial charge in [-0.2, -0.15) is 4.98 Å². The summed E-state index contributed by atoms with van der Waals surface area (Å²) in [6.07, 6.45) is 0.495. The Labute approximate surface area is 172 Å². The Balaban J connectivity index is 1.66. The molecule has 0 saturated carbocycles. The highest BCUT2D eigenvalue weighted by atomic mass is 16.5. The van der Waals surface area contributed by atoms with Gasteiger partial charge in [0, 0.05) is 12.1 Å². The lowest BCUT2D eigenvalue weighted by Gasteiger charge is -2.12. The van der Waals surface area contributed by atoms with Crippen LogP contribution >= 0.6 is 0 Å². The summed E-state index contributed by atoms with van der Waals surface area (Å²) in [7, 11) is 1.62. The maximum absolute atomic E-state index is 12.3. The molecular weight excluding hydrogens is 384 g/mol. The predicted octanol–water partition coefficient (Wildman–Crippen LogP) is 3.00. The lowest BCUT2D eigenvalue weighted by molar-refractivity contribution is 0.385. The number of benzene rings is 2. The zero-order chi connectivity index (χ0) is 21.3. The zero-order valence-electron chi connectivity index (χ0n) is 17.0. The number of fused-ring (bicyclic) bond motifs is 1. The smallest absolute Gasteiger partial charge is 0.316 e. The minimum absolute atomic E-state index is 0.227. The molecule has 0 fully saturated rings. The number of H-pyrrole nitrogens is 1. The van der Waals surface area contributed by atoms with Gasteiger partial charge in [-0.25, -0.2) is 0 Å². The molecule has 0 bridgehead atoms. The fraction of sp³-hybridized carbons (Fsp3) is 0.273. The van der Waals surface area contributed by atoms with Gasteiger partial charge in [-0.15, -0.1) is 0 Å². The molecule has 8 nitrogen and oxygen atoms in total. The second-order valence-corrected chi connectivity index (χ2v) is 7.53. The van der Waals surface area contributed by atoms with Crippen molar-refractivity contribution in [1.82, 2.24) is 19.7 Å². The van der Waals surface area contributed by atoms with Gasteiger partial charge < -0.3 is 18.8 Å². The van der Waals surface area contributed by atoms with Crippen molar-refractivity contribution in [2.75, 3.05) is 7.11 Å². The molecule has 4 aromatic rings. The van der Waals surface area contributed by atoms with Gasteiger partial charge in [0.05, 0.1) is 24.6 Å². The van der Waals surface area contributed by atoms with Gasteiger partial charge in [0.2, 0.25) is 11.7 Å². The predicted molar refractivity (Wildman–Crippen MR) is 113 cm³/mol. The first-order chi connectivity index (χ1) is 14.4. The summed E-state index contributed by atoms with van der Waals surface area (Å²) in [4.78, 5) is 31.5. The van der Waals surface area contributed by atoms with Gasteiger partial charge in [0.25, 0.3) is 0 Å². The average Bonchev–Trinajstić information content (AvgIpc) is 3.20. The quantitative estimate of drug-likeness (QED) is 0.494. The third kappa shape index (κ3) is 3.89. The second kappa shape index (κ2) is 7.98. The van der Waals surface area contributed by atoms with Crippen LogP contribution in [0.15, 0.2) is 56.6 Å². The molecule has 0 aliphatic heterocycles. The molecule has 0 radical (unpaired) electrons. The molecule has 0 saturated heterocycles. The van der Waals surface area contributed by atoms with E-state index in [-0.39, 0.29) is 5.92 Å². The Hall–Kier alpha value is -3.68. The summed E-state index contributed by atoms with van der Waals surface area (Å²) < 4.78 is 12.1. The van der Waals surface area contributed by atoms with Crippen LogP contribution in [0.3, 0.4) is 0 Å². The first-order valence-corrected chi connectivity index (χ1v) is 9.67. The van der Waals surface area contributed by atoms with Gasteiger partial charge in [-0.05, 0) is 41.8 Å². The summed E-state index contributed by atoms with van der Waals surface area (Å²) in [6, 6.07) is 13.0. The van der Waals surface area contributed by atoms with Gasteiger partial charge in [-0.1, -0.05) is 31.1 Å². The number of ether oxygens (including phenoxy) is 1. The summed E-state index contributed by atoms with van der Waals surface area (Å²) in [6.45, 7) is 4.46. The van der Waals surface area contributed by atoms with E-state index in [1.54, 1.807) is 19.2 Å². The molecule has 0 unspecified atom stereocenters. The molecule has 154 valence electrons. The summed E-state index contributed by atoms with van der Waals surface area (Å²) in [5.74, 6) is 1.91. The molecule has 4 rings (SSSR count). The highest BCUT2D eigenvalue weighted by Gasteiger charge is 2.13. The molecule has 0 atom stereocenters. The van der Waals surface area contributed by atoms with Crippen LogP contribution in [-0.4, -0.2) is 26.8 Å². The lowest BCUT2D eigenvalue weighted by Crippen LogP contribution is -2.37. The van der Waals surface area contributed by atoms with E-state index >= 15 is 0 Å². The Kier molecular flexibility index (Phi) is 5.22. The number of rotatable bonds is 6. The fourth-order valence-electron chi connectivity index (χ4n) is 3.33. The number of aromatic nitrogens is 4. The summed E-state index contributed by atoms with van der Waals surface area (Å²) in [5.41, 5.74) is 1.74. The number of hydrogen-bond acceptors (Lipinski definition) is 6. The van der Waals surface area contributed by atoms with E-state index in [1.165, 1.54) is 4.57 Å². The molecular formula is C22H22N4O4. The first kappa shape index (κ1) is 19.6. The average molecular weight is 406 g/mol. The normalized spacial score (nSPS) is 11.3. The van der Waals surface area contributed by atoms with Gasteiger partial charge in [-0.3, -0.25) is 9.59 Å². The van der Waals surface area contributed by atoms with Gasteiger partial charge >= 0.3 is 11.1 Å². The molecule has 30 heavy (non-hydrogen) atoms. The Morgan fingerprint density at radius 1 is 1.13 bits per heavy atom. The van der Waals surface area contributed by atoms with Crippen molar-refractivity contribution in [3.63, 3.8) is 0 Å². The van der Waals surface area contributed by atoms with Crippen molar-refractivity contribution < 1.29 is 9.26 Å². The van der Waals surface area contributed by atoms with Crippen molar-refractivity contribution in [1.29, 1.82) is 0 Å². The van der Waals surface area contributed by atoms with Crippen LogP contribution in [0.5, 0.6) is 5.75 Å². The highest BCUT2D eigenvalue weighted by Crippen LogP contribution is 2.22. The van der Waals surface area contributed by atoms with E-state index in [9.17, 15) is 9.59 Å². The van der Waals surface area contributed by atoms with E-state index < -0.39 is 11.1 Å². The van der Waals surface area contributed by atoms with Crippen LogP contribution in [0.25, 0.3) is 22.4 Å². The topological polar surface area (TPSA) is 103 Å². The maximum atomic E-state index is 12.3. The molecule has 1 N–H and O–H groups in total. The van der Waals surface area contributed by atoms with Crippen LogP contribution < -0.4 is 15.9 Å². The Morgan fingerprint density at radius 3 is 2.60 bits per heavy atom. The van der Waals surface area contributed by atoms with Crippen LogP contribution in [-0.2, 0) is 13.0 Å². The maximum Gasteiger partial charge on any atom is 0.316 e. The minimum Gasteiger partial charge on any atom is -0.497 e. The Bertz CT molecular complexity index is 1300. The Morgan fingerprint density at radius 2 is 1.90 bits per heavy atom.